The summed E-state index contributed by atoms with van der Waals surface area (Å²) in [5, 5.41) is 23.0. The average Bonchev–Trinajstić information content (AvgIpc) is 2.85. The fraction of sp³-hybridized carbons (Fsp3) is 0.346. The number of aromatic hydroxyl groups is 1. The van der Waals surface area contributed by atoms with Crippen molar-refractivity contribution in [1.29, 1.82) is 0 Å². The number of aryl methyl sites for hydroxylation is 1. The molecule has 1 saturated heterocycles. The van der Waals surface area contributed by atoms with Gasteiger partial charge in [0.05, 0.1) is 17.9 Å². The topological polar surface area (TPSA) is 126 Å². The van der Waals surface area contributed by atoms with Crippen LogP contribution in [0.25, 0.3) is 0 Å². The fourth-order valence-corrected chi connectivity index (χ4v) is 5.76. The van der Waals surface area contributed by atoms with Gasteiger partial charge < -0.3 is 5.11 Å². The highest BCUT2D eigenvalue weighted by molar-refractivity contribution is 7.92. The van der Waals surface area contributed by atoms with Gasteiger partial charge in [-0.05, 0) is 53.3 Å². The molecule has 2 N–H and O–H groups in total. The van der Waals surface area contributed by atoms with Crippen LogP contribution >= 0.6 is 0 Å². The van der Waals surface area contributed by atoms with Crippen molar-refractivity contribution in [2.24, 2.45) is 0 Å². The predicted molar refractivity (Wildman–Crippen MR) is 138 cm³/mol. The summed E-state index contributed by atoms with van der Waals surface area (Å²) in [6.45, 7) is 3.08. The minimum Gasteiger partial charge on any atom is -0.506 e. The largest absolute Gasteiger partial charge is 0.506 e. The molecule has 1 aromatic heterocycles. The molecule has 1 aliphatic heterocycles. The molecule has 9 nitrogen and oxygen atoms in total. The molecule has 4 rings (SSSR count). The molecular formula is C26H30N4O5S. The standard InChI is InChI=1S/C26H30N4O5S/c1-3-19-8-4-5-9-21(19)22-12-14-29(17-18-7-6-13-27-16-18)25(26(22)30(32)33)20-10-11-24(31)23(15-20)28-36(2,34)35/h4-11,13,15-16,22,25-26,28,31H,3,12,14,17H2,1-2H3/t22-,25+,26-/m1/s1. The van der Waals surface area contributed by atoms with Crippen LogP contribution in [0.2, 0.25) is 0 Å². The summed E-state index contributed by atoms with van der Waals surface area (Å²) < 4.78 is 26.1. The van der Waals surface area contributed by atoms with Gasteiger partial charge in [0.1, 0.15) is 11.8 Å². The molecule has 3 atom stereocenters. The van der Waals surface area contributed by atoms with E-state index >= 15 is 0 Å². The zero-order chi connectivity index (χ0) is 25.9. The first-order valence-corrected chi connectivity index (χ1v) is 13.7. The van der Waals surface area contributed by atoms with Gasteiger partial charge in [-0.25, -0.2) is 8.42 Å². The molecule has 2 heterocycles. The fourth-order valence-electron chi connectivity index (χ4n) is 5.20. The van der Waals surface area contributed by atoms with Gasteiger partial charge in [0.2, 0.25) is 16.1 Å². The third kappa shape index (κ3) is 5.66. The number of phenolic OH excluding ortho intramolecular Hbond substituents is 1. The van der Waals surface area contributed by atoms with E-state index in [0.29, 0.717) is 25.1 Å². The molecule has 0 unspecified atom stereocenters. The minimum atomic E-state index is -3.67. The number of sulfonamides is 1. The lowest BCUT2D eigenvalue weighted by molar-refractivity contribution is -0.540. The number of pyridine rings is 1. The Labute approximate surface area is 211 Å². The summed E-state index contributed by atoms with van der Waals surface area (Å²) in [4.78, 5) is 18.7. The zero-order valence-electron chi connectivity index (χ0n) is 20.2. The smallest absolute Gasteiger partial charge is 0.239 e. The van der Waals surface area contributed by atoms with Crippen LogP contribution in [0.1, 0.15) is 47.6 Å². The second-order valence-electron chi connectivity index (χ2n) is 9.15. The van der Waals surface area contributed by atoms with Gasteiger partial charge in [-0.15, -0.1) is 0 Å². The van der Waals surface area contributed by atoms with E-state index in [1.54, 1.807) is 18.5 Å². The molecule has 0 bridgehead atoms. The molecule has 3 aromatic rings. The molecule has 190 valence electrons. The molecule has 0 radical (unpaired) electrons. The molecule has 0 spiro atoms. The van der Waals surface area contributed by atoms with Crippen molar-refractivity contribution in [3.63, 3.8) is 0 Å². The second-order valence-corrected chi connectivity index (χ2v) is 10.9. The Balaban J connectivity index is 1.83. The third-order valence-corrected chi connectivity index (χ3v) is 7.29. The van der Waals surface area contributed by atoms with Gasteiger partial charge in [-0.3, -0.25) is 24.7 Å². The van der Waals surface area contributed by atoms with Crippen LogP contribution in [-0.2, 0) is 23.0 Å². The summed E-state index contributed by atoms with van der Waals surface area (Å²) in [6.07, 6.45) is 5.78. The monoisotopic (exact) mass is 510 g/mol. The van der Waals surface area contributed by atoms with E-state index in [4.69, 9.17) is 0 Å². The summed E-state index contributed by atoms with van der Waals surface area (Å²) in [5.74, 6) is -0.573. The number of piperidine rings is 1. The van der Waals surface area contributed by atoms with Gasteiger partial charge in [-0.2, -0.15) is 0 Å². The van der Waals surface area contributed by atoms with Gasteiger partial charge >= 0.3 is 0 Å². The lowest BCUT2D eigenvalue weighted by Gasteiger charge is -2.42. The molecule has 1 fully saturated rings. The number of benzene rings is 2. The average molecular weight is 511 g/mol. The van der Waals surface area contributed by atoms with Crippen LogP contribution in [0.15, 0.2) is 67.0 Å². The van der Waals surface area contributed by atoms with Crippen LogP contribution in [-0.4, -0.2) is 47.2 Å². The number of nitrogens with zero attached hydrogens (tertiary/aromatic N) is 3. The van der Waals surface area contributed by atoms with E-state index in [1.807, 2.05) is 48.2 Å². The van der Waals surface area contributed by atoms with E-state index in [0.717, 1.165) is 29.4 Å². The first-order chi connectivity index (χ1) is 17.2. The Morgan fingerprint density at radius 2 is 1.97 bits per heavy atom. The summed E-state index contributed by atoms with van der Waals surface area (Å²) in [5.41, 5.74) is 3.53. The molecule has 0 aliphatic carbocycles. The van der Waals surface area contributed by atoms with Crippen LogP contribution < -0.4 is 4.72 Å². The van der Waals surface area contributed by atoms with Crippen LogP contribution in [0.4, 0.5) is 5.69 Å². The van der Waals surface area contributed by atoms with Gasteiger partial charge in [0, 0.05) is 30.4 Å². The van der Waals surface area contributed by atoms with Crippen LogP contribution in [0, 0.1) is 10.1 Å². The first-order valence-electron chi connectivity index (χ1n) is 11.8. The summed E-state index contributed by atoms with van der Waals surface area (Å²) >= 11 is 0. The number of nitro groups is 1. The molecule has 2 aromatic carbocycles. The third-order valence-electron chi connectivity index (χ3n) is 6.70. The van der Waals surface area contributed by atoms with E-state index in [9.17, 15) is 23.6 Å². The molecule has 0 saturated carbocycles. The number of aromatic nitrogens is 1. The number of hydrogen-bond donors (Lipinski definition) is 2. The van der Waals surface area contributed by atoms with Crippen molar-refractivity contribution in [1.82, 2.24) is 9.88 Å². The number of phenols is 1. The van der Waals surface area contributed by atoms with Gasteiger partial charge in [-0.1, -0.05) is 43.3 Å². The lowest BCUT2D eigenvalue weighted by atomic mass is 9.76. The highest BCUT2D eigenvalue weighted by atomic mass is 32.2. The second kappa shape index (κ2) is 10.6. The Hall–Kier alpha value is -3.50. The zero-order valence-corrected chi connectivity index (χ0v) is 21.1. The molecule has 36 heavy (non-hydrogen) atoms. The van der Waals surface area contributed by atoms with Crippen LogP contribution in [0.3, 0.4) is 0 Å². The van der Waals surface area contributed by atoms with Crippen molar-refractivity contribution in [3.8, 4) is 5.75 Å². The molecule has 10 heteroatoms. The maximum Gasteiger partial charge on any atom is 0.239 e. The van der Waals surface area contributed by atoms with Crippen LogP contribution in [0.5, 0.6) is 5.75 Å². The predicted octanol–water partition coefficient (Wildman–Crippen LogP) is 4.10. The summed E-state index contributed by atoms with van der Waals surface area (Å²) in [7, 11) is -3.67. The summed E-state index contributed by atoms with van der Waals surface area (Å²) in [6, 6.07) is 14.5. The number of rotatable bonds is 8. The highest BCUT2D eigenvalue weighted by Crippen LogP contribution is 2.44. The number of hydrogen-bond acceptors (Lipinski definition) is 7. The van der Waals surface area contributed by atoms with E-state index < -0.39 is 22.1 Å². The Morgan fingerprint density at radius 1 is 1.19 bits per heavy atom. The van der Waals surface area contributed by atoms with E-state index in [1.165, 1.54) is 12.1 Å². The number of anilines is 1. The molecular weight excluding hydrogens is 480 g/mol. The Bertz CT molecular complexity index is 1330. The maximum absolute atomic E-state index is 12.7. The lowest BCUT2D eigenvalue weighted by Crippen LogP contribution is -2.49. The molecule has 0 amide bonds. The van der Waals surface area contributed by atoms with Crippen molar-refractivity contribution in [3.05, 3.63) is 99.4 Å². The van der Waals surface area contributed by atoms with Crippen molar-refractivity contribution in [2.45, 2.75) is 44.3 Å². The highest BCUT2D eigenvalue weighted by Gasteiger charge is 2.48. The Kier molecular flexibility index (Phi) is 7.56. The quantitative estimate of drug-likeness (QED) is 0.265. The first kappa shape index (κ1) is 25.6. The van der Waals surface area contributed by atoms with Gasteiger partial charge in [0.25, 0.3) is 0 Å². The Morgan fingerprint density at radius 3 is 2.64 bits per heavy atom. The van der Waals surface area contributed by atoms with Crippen molar-refractivity contribution in [2.75, 3.05) is 17.5 Å². The van der Waals surface area contributed by atoms with E-state index in [-0.39, 0.29) is 22.3 Å². The molecule has 1 aliphatic rings. The number of nitrogens with one attached hydrogen (secondary N) is 1. The van der Waals surface area contributed by atoms with E-state index in [2.05, 4.69) is 9.71 Å². The van der Waals surface area contributed by atoms with Crippen molar-refractivity contribution >= 4 is 15.7 Å². The van der Waals surface area contributed by atoms with Gasteiger partial charge in [0.15, 0.2) is 0 Å². The minimum absolute atomic E-state index is 0.00509. The SMILES string of the molecule is CCc1ccccc1[C@H]1CCN(Cc2cccnc2)[C@@H](c2ccc(O)c(NS(C)(=O)=O)c2)[C@@H]1[N+](=O)[O-]. The van der Waals surface area contributed by atoms with Crippen molar-refractivity contribution < 1.29 is 18.4 Å². The normalized spacial score (nSPS) is 20.7. The number of likely N-dealkylation sites (tertiary alicyclic amines) is 1. The maximum atomic E-state index is 12.7.